The Kier molecular flexibility index (Phi) is 7.52. The maximum atomic E-state index is 12.0. The first kappa shape index (κ1) is 20.1. The molecule has 1 aliphatic carbocycles. The number of rotatable bonds is 8. The van der Waals surface area contributed by atoms with Gasteiger partial charge in [0.1, 0.15) is 6.61 Å². The summed E-state index contributed by atoms with van der Waals surface area (Å²) in [6.07, 6.45) is 6.30. The molecule has 0 bridgehead atoms. The van der Waals surface area contributed by atoms with Crippen molar-refractivity contribution in [1.29, 1.82) is 0 Å². The number of carbonyl (C=O) groups is 1. The van der Waals surface area contributed by atoms with Gasteiger partial charge in [0.05, 0.1) is 5.75 Å². The van der Waals surface area contributed by atoms with E-state index in [0.717, 1.165) is 15.0 Å². The summed E-state index contributed by atoms with van der Waals surface area (Å²) in [6.45, 7) is 4.63. The second-order valence-corrected chi connectivity index (χ2v) is 9.40. The van der Waals surface area contributed by atoms with Crippen LogP contribution in [0.4, 0.5) is 5.13 Å². The van der Waals surface area contributed by atoms with Gasteiger partial charge < -0.3 is 10.1 Å². The van der Waals surface area contributed by atoms with Gasteiger partial charge in [-0.3, -0.25) is 4.79 Å². The lowest BCUT2D eigenvalue weighted by molar-refractivity contribution is -0.141. The van der Waals surface area contributed by atoms with Crippen LogP contribution in [0.1, 0.15) is 63.0 Å². The number of ether oxygens (including phenoxy) is 1. The number of esters is 1. The fourth-order valence-corrected chi connectivity index (χ4v) is 4.70. The van der Waals surface area contributed by atoms with Crippen molar-refractivity contribution in [2.24, 2.45) is 0 Å². The van der Waals surface area contributed by atoms with E-state index in [-0.39, 0.29) is 11.7 Å². The van der Waals surface area contributed by atoms with Crippen LogP contribution in [0.5, 0.6) is 0 Å². The molecule has 27 heavy (non-hydrogen) atoms. The van der Waals surface area contributed by atoms with E-state index >= 15 is 0 Å². The fraction of sp³-hybridized carbons (Fsp3) is 0.550. The molecule has 0 aliphatic heterocycles. The summed E-state index contributed by atoms with van der Waals surface area (Å²) < 4.78 is 6.16. The molecule has 1 saturated carbocycles. The van der Waals surface area contributed by atoms with Crippen LogP contribution < -0.4 is 5.32 Å². The van der Waals surface area contributed by atoms with E-state index in [1.165, 1.54) is 60.8 Å². The van der Waals surface area contributed by atoms with Crippen LogP contribution in [0.2, 0.25) is 0 Å². The Balaban J connectivity index is 1.38. The molecule has 146 valence electrons. The number of benzene rings is 1. The Labute approximate surface area is 169 Å². The molecule has 0 unspecified atom stereocenters. The average Bonchev–Trinajstić information content (AvgIpc) is 3.13. The predicted octanol–water partition coefficient (Wildman–Crippen LogP) is 5.24. The van der Waals surface area contributed by atoms with Gasteiger partial charge in [-0.2, -0.15) is 0 Å². The van der Waals surface area contributed by atoms with Crippen LogP contribution in [-0.2, 0) is 16.1 Å². The molecular formula is C20H27N3O2S2. The van der Waals surface area contributed by atoms with Gasteiger partial charge in [-0.25, -0.2) is 0 Å². The highest BCUT2D eigenvalue weighted by Gasteiger charge is 2.16. The van der Waals surface area contributed by atoms with Crippen LogP contribution in [0.3, 0.4) is 0 Å². The molecule has 1 aromatic heterocycles. The first-order valence-electron chi connectivity index (χ1n) is 9.57. The Morgan fingerprint density at radius 1 is 1.22 bits per heavy atom. The van der Waals surface area contributed by atoms with Crippen LogP contribution in [0.25, 0.3) is 0 Å². The van der Waals surface area contributed by atoms with Gasteiger partial charge in [0, 0.05) is 6.04 Å². The third kappa shape index (κ3) is 6.50. The maximum Gasteiger partial charge on any atom is 0.316 e. The number of carbonyl (C=O) groups excluding carboxylic acids is 1. The highest BCUT2D eigenvalue weighted by molar-refractivity contribution is 8.01. The summed E-state index contributed by atoms with van der Waals surface area (Å²) in [7, 11) is 0. The number of aromatic nitrogens is 2. The third-order valence-electron chi connectivity index (χ3n) is 4.70. The number of nitrogens with one attached hydrogen (secondary N) is 1. The maximum absolute atomic E-state index is 12.0. The van der Waals surface area contributed by atoms with Crippen LogP contribution in [-0.4, -0.2) is 28.0 Å². The molecule has 0 amide bonds. The third-order valence-corrected chi connectivity index (χ3v) is 6.66. The summed E-state index contributed by atoms with van der Waals surface area (Å²) in [6, 6.07) is 8.72. The van der Waals surface area contributed by atoms with Crippen molar-refractivity contribution in [3.63, 3.8) is 0 Å². The Morgan fingerprint density at radius 2 is 1.96 bits per heavy atom. The molecule has 1 fully saturated rings. The summed E-state index contributed by atoms with van der Waals surface area (Å²) in [5.74, 6) is 0.523. The van der Waals surface area contributed by atoms with Gasteiger partial charge >= 0.3 is 5.97 Å². The minimum Gasteiger partial charge on any atom is -0.460 e. The van der Waals surface area contributed by atoms with Crippen LogP contribution in [0, 0.1) is 0 Å². The highest BCUT2D eigenvalue weighted by Crippen LogP contribution is 2.28. The number of thioether (sulfide) groups is 1. The van der Waals surface area contributed by atoms with Gasteiger partial charge in [-0.05, 0) is 29.9 Å². The Bertz CT molecular complexity index is 725. The number of nitrogens with zero attached hydrogens (tertiary/aromatic N) is 2. The zero-order chi connectivity index (χ0) is 19.1. The molecule has 1 heterocycles. The predicted molar refractivity (Wildman–Crippen MR) is 111 cm³/mol. The fourth-order valence-electron chi connectivity index (χ4n) is 3.07. The normalized spacial score (nSPS) is 15.1. The first-order chi connectivity index (χ1) is 13.1. The lowest BCUT2D eigenvalue weighted by atomic mass is 9.96. The number of hydrogen-bond acceptors (Lipinski definition) is 7. The zero-order valence-electron chi connectivity index (χ0n) is 15.9. The van der Waals surface area contributed by atoms with Crippen molar-refractivity contribution < 1.29 is 9.53 Å². The van der Waals surface area contributed by atoms with Gasteiger partial charge in [0.2, 0.25) is 5.13 Å². The monoisotopic (exact) mass is 405 g/mol. The lowest BCUT2D eigenvalue weighted by Crippen LogP contribution is -2.21. The molecule has 1 N–H and O–H groups in total. The van der Waals surface area contributed by atoms with Crippen LogP contribution >= 0.6 is 23.1 Å². The van der Waals surface area contributed by atoms with E-state index in [4.69, 9.17) is 4.74 Å². The minimum atomic E-state index is -0.232. The number of hydrogen-bond donors (Lipinski definition) is 1. The summed E-state index contributed by atoms with van der Waals surface area (Å²) in [5, 5.41) is 12.7. The van der Waals surface area contributed by atoms with E-state index in [0.29, 0.717) is 18.6 Å². The largest absolute Gasteiger partial charge is 0.460 e. The van der Waals surface area contributed by atoms with Crippen molar-refractivity contribution in [2.45, 2.75) is 68.9 Å². The molecular weight excluding hydrogens is 378 g/mol. The summed E-state index contributed by atoms with van der Waals surface area (Å²) >= 11 is 2.89. The van der Waals surface area contributed by atoms with Gasteiger partial charge in [-0.15, -0.1) is 10.2 Å². The smallest absolute Gasteiger partial charge is 0.316 e. The van der Waals surface area contributed by atoms with Gasteiger partial charge in [0.15, 0.2) is 4.34 Å². The topological polar surface area (TPSA) is 64.1 Å². The second-order valence-electron chi connectivity index (χ2n) is 7.20. The van der Waals surface area contributed by atoms with E-state index in [2.05, 4.69) is 41.5 Å². The molecule has 1 aliphatic rings. The molecule has 3 rings (SSSR count). The SMILES string of the molecule is CC(C)c1ccc(COC(=O)CSc2nnc(NC3CCCCC3)s2)cc1. The second kappa shape index (κ2) is 10.1. The van der Waals surface area contributed by atoms with Crippen molar-refractivity contribution >= 4 is 34.2 Å². The van der Waals surface area contributed by atoms with Crippen molar-refractivity contribution in [1.82, 2.24) is 10.2 Å². The van der Waals surface area contributed by atoms with E-state index < -0.39 is 0 Å². The standard InChI is InChI=1S/C20H27N3O2S2/c1-14(2)16-10-8-15(9-11-16)12-25-18(24)13-26-20-23-22-19(27-20)21-17-6-4-3-5-7-17/h8-11,14,17H,3-7,12-13H2,1-2H3,(H,21,22). The van der Waals surface area contributed by atoms with Crippen LogP contribution in [0.15, 0.2) is 28.6 Å². The molecule has 0 atom stereocenters. The molecule has 0 radical (unpaired) electrons. The molecule has 0 saturated heterocycles. The van der Waals surface area contributed by atoms with E-state index in [1.807, 2.05) is 12.1 Å². The first-order valence-corrected chi connectivity index (χ1v) is 11.4. The summed E-state index contributed by atoms with van der Waals surface area (Å²) in [5.41, 5.74) is 2.29. The van der Waals surface area contributed by atoms with Gasteiger partial charge in [0.25, 0.3) is 0 Å². The Morgan fingerprint density at radius 3 is 2.67 bits per heavy atom. The molecule has 7 heteroatoms. The highest BCUT2D eigenvalue weighted by atomic mass is 32.2. The van der Waals surface area contributed by atoms with E-state index in [9.17, 15) is 4.79 Å². The number of anilines is 1. The van der Waals surface area contributed by atoms with Crippen molar-refractivity contribution in [3.05, 3.63) is 35.4 Å². The molecule has 5 nitrogen and oxygen atoms in total. The zero-order valence-corrected chi connectivity index (χ0v) is 17.6. The summed E-state index contributed by atoms with van der Waals surface area (Å²) in [4.78, 5) is 12.0. The molecule has 1 aromatic carbocycles. The minimum absolute atomic E-state index is 0.232. The van der Waals surface area contributed by atoms with E-state index in [1.54, 1.807) is 0 Å². The molecule has 0 spiro atoms. The quantitative estimate of drug-likeness (QED) is 0.478. The molecule has 2 aromatic rings. The average molecular weight is 406 g/mol. The lowest BCUT2D eigenvalue weighted by Gasteiger charge is -2.21. The van der Waals surface area contributed by atoms with Crippen molar-refractivity contribution in [2.75, 3.05) is 11.1 Å². The Hall–Kier alpha value is -1.60. The van der Waals surface area contributed by atoms with Crippen molar-refractivity contribution in [3.8, 4) is 0 Å². The van der Waals surface area contributed by atoms with Gasteiger partial charge in [-0.1, -0.05) is 80.5 Å².